The fourth-order valence-electron chi connectivity index (χ4n) is 3.20. The molecule has 3 nitrogen and oxygen atoms in total. The number of nitrogens with one attached hydrogen (secondary N) is 1. The van der Waals surface area contributed by atoms with Crippen LogP contribution >= 0.6 is 0 Å². The Bertz CT molecular complexity index is 929. The molecule has 0 spiro atoms. The van der Waals surface area contributed by atoms with Gasteiger partial charge in [-0.15, -0.1) is 0 Å². The van der Waals surface area contributed by atoms with E-state index >= 15 is 0 Å². The molecule has 0 fully saturated rings. The number of phenols is 1. The molecule has 0 saturated heterocycles. The van der Waals surface area contributed by atoms with Crippen molar-refractivity contribution in [3.63, 3.8) is 0 Å². The van der Waals surface area contributed by atoms with Gasteiger partial charge in [-0.1, -0.05) is 54.1 Å². The average molecular weight is 328 g/mol. The smallest absolute Gasteiger partial charge is 0.124 e. The lowest BCUT2D eigenvalue weighted by molar-refractivity contribution is 0.474. The standard InChI is InChI=1S/C22H20N2O/c1-15-10-12-16(13-11-15)20-14-21(17-6-2-5-9-22(17)25)24-19-8-4-3-7-18(19)23-20/h2-13,20,23,25H,14H2,1H3. The fraction of sp³-hybridized carbons (Fsp3) is 0.136. The molecule has 1 unspecified atom stereocenters. The number of aromatic hydroxyl groups is 1. The number of hydrogen-bond acceptors (Lipinski definition) is 3. The maximum absolute atomic E-state index is 10.3. The highest BCUT2D eigenvalue weighted by atomic mass is 16.3. The molecule has 1 aliphatic rings. The Labute approximate surface area is 147 Å². The van der Waals surface area contributed by atoms with Gasteiger partial charge in [-0.2, -0.15) is 0 Å². The largest absolute Gasteiger partial charge is 0.507 e. The molecule has 1 aliphatic heterocycles. The molecule has 3 heteroatoms. The van der Waals surface area contributed by atoms with E-state index in [-0.39, 0.29) is 11.8 Å². The number of aliphatic imine (C=N–C) groups is 1. The van der Waals surface area contributed by atoms with Gasteiger partial charge >= 0.3 is 0 Å². The molecule has 0 radical (unpaired) electrons. The summed E-state index contributed by atoms with van der Waals surface area (Å²) in [6, 6.07) is 24.1. The van der Waals surface area contributed by atoms with Gasteiger partial charge in [-0.25, -0.2) is 0 Å². The number of nitrogens with zero attached hydrogens (tertiary/aromatic N) is 1. The molecule has 3 aromatic carbocycles. The van der Waals surface area contributed by atoms with Crippen LogP contribution in [0.3, 0.4) is 0 Å². The number of para-hydroxylation sites is 3. The summed E-state index contributed by atoms with van der Waals surface area (Å²) >= 11 is 0. The summed E-state index contributed by atoms with van der Waals surface area (Å²) in [6.07, 6.45) is 0.704. The molecule has 3 aromatic rings. The molecule has 1 heterocycles. The SMILES string of the molecule is Cc1ccc(C2CC(c3ccccc3O)=Nc3ccccc3N2)cc1. The maximum atomic E-state index is 10.3. The number of rotatable bonds is 2. The Kier molecular flexibility index (Phi) is 3.98. The van der Waals surface area contributed by atoms with Crippen LogP contribution in [0.2, 0.25) is 0 Å². The number of benzene rings is 3. The third kappa shape index (κ3) is 3.13. The van der Waals surface area contributed by atoms with Gasteiger partial charge in [0, 0.05) is 12.0 Å². The fourth-order valence-corrected chi connectivity index (χ4v) is 3.20. The maximum Gasteiger partial charge on any atom is 0.124 e. The molecule has 124 valence electrons. The van der Waals surface area contributed by atoms with Gasteiger partial charge in [0.25, 0.3) is 0 Å². The lowest BCUT2D eigenvalue weighted by Gasteiger charge is -2.19. The molecule has 0 bridgehead atoms. The van der Waals surface area contributed by atoms with Gasteiger partial charge in [0.15, 0.2) is 0 Å². The Morgan fingerprint density at radius 2 is 1.64 bits per heavy atom. The van der Waals surface area contributed by atoms with Crippen molar-refractivity contribution in [1.82, 2.24) is 0 Å². The molecule has 4 rings (SSSR count). The Balaban J connectivity index is 1.82. The summed E-state index contributed by atoms with van der Waals surface area (Å²) < 4.78 is 0. The van der Waals surface area contributed by atoms with Crippen LogP contribution in [-0.2, 0) is 0 Å². The van der Waals surface area contributed by atoms with E-state index in [0.29, 0.717) is 6.42 Å². The average Bonchev–Trinajstić information content (AvgIpc) is 2.82. The third-order valence-corrected chi connectivity index (χ3v) is 4.58. The van der Waals surface area contributed by atoms with Crippen molar-refractivity contribution in [2.45, 2.75) is 19.4 Å². The summed E-state index contributed by atoms with van der Waals surface area (Å²) in [5.74, 6) is 0.267. The van der Waals surface area contributed by atoms with Crippen LogP contribution < -0.4 is 5.32 Å². The highest BCUT2D eigenvalue weighted by molar-refractivity contribution is 6.05. The van der Waals surface area contributed by atoms with E-state index < -0.39 is 0 Å². The van der Waals surface area contributed by atoms with Crippen molar-refractivity contribution >= 4 is 17.1 Å². The van der Waals surface area contributed by atoms with E-state index in [4.69, 9.17) is 4.99 Å². The van der Waals surface area contributed by atoms with E-state index in [1.807, 2.05) is 42.5 Å². The van der Waals surface area contributed by atoms with Gasteiger partial charge in [0.2, 0.25) is 0 Å². The predicted octanol–water partition coefficient (Wildman–Crippen LogP) is 5.38. The highest BCUT2D eigenvalue weighted by Crippen LogP contribution is 2.36. The van der Waals surface area contributed by atoms with Crippen LogP contribution in [0.1, 0.15) is 29.2 Å². The molecular weight excluding hydrogens is 308 g/mol. The van der Waals surface area contributed by atoms with Crippen molar-refractivity contribution in [1.29, 1.82) is 0 Å². The monoisotopic (exact) mass is 328 g/mol. The van der Waals surface area contributed by atoms with Gasteiger partial charge in [0.05, 0.1) is 23.1 Å². The zero-order valence-electron chi connectivity index (χ0n) is 14.1. The molecule has 0 aromatic heterocycles. The van der Waals surface area contributed by atoms with Gasteiger partial charge in [-0.3, -0.25) is 4.99 Å². The molecule has 0 amide bonds. The first-order valence-electron chi connectivity index (χ1n) is 8.49. The molecule has 25 heavy (non-hydrogen) atoms. The first-order valence-corrected chi connectivity index (χ1v) is 8.49. The topological polar surface area (TPSA) is 44.6 Å². The Morgan fingerprint density at radius 1 is 0.920 bits per heavy atom. The second kappa shape index (κ2) is 6.44. The second-order valence-corrected chi connectivity index (χ2v) is 6.40. The van der Waals surface area contributed by atoms with Gasteiger partial charge in [0.1, 0.15) is 5.75 Å². The van der Waals surface area contributed by atoms with Crippen molar-refractivity contribution in [3.05, 3.63) is 89.5 Å². The lowest BCUT2D eigenvalue weighted by Crippen LogP contribution is -2.14. The van der Waals surface area contributed by atoms with E-state index in [1.165, 1.54) is 11.1 Å². The first kappa shape index (κ1) is 15.5. The lowest BCUT2D eigenvalue weighted by atomic mass is 9.96. The van der Waals surface area contributed by atoms with Crippen LogP contribution in [0.5, 0.6) is 5.75 Å². The van der Waals surface area contributed by atoms with Crippen molar-refractivity contribution < 1.29 is 5.11 Å². The van der Waals surface area contributed by atoms with Crippen molar-refractivity contribution in [3.8, 4) is 5.75 Å². The van der Waals surface area contributed by atoms with Crippen LogP contribution in [0.4, 0.5) is 11.4 Å². The summed E-state index contributed by atoms with van der Waals surface area (Å²) in [7, 11) is 0. The molecule has 0 aliphatic carbocycles. The van der Waals surface area contributed by atoms with E-state index in [0.717, 1.165) is 22.6 Å². The minimum Gasteiger partial charge on any atom is -0.507 e. The minimum absolute atomic E-state index is 0.0996. The normalized spacial score (nSPS) is 16.4. The second-order valence-electron chi connectivity index (χ2n) is 6.40. The van der Waals surface area contributed by atoms with E-state index in [9.17, 15) is 5.11 Å². The number of phenolic OH excluding ortho intramolecular Hbond substituents is 1. The van der Waals surface area contributed by atoms with Gasteiger partial charge in [-0.05, 0) is 36.8 Å². The minimum atomic E-state index is 0.0996. The first-order chi connectivity index (χ1) is 12.2. The third-order valence-electron chi connectivity index (χ3n) is 4.58. The Morgan fingerprint density at radius 3 is 2.44 bits per heavy atom. The summed E-state index contributed by atoms with van der Waals surface area (Å²) in [5.41, 5.74) is 6.05. The quantitative estimate of drug-likeness (QED) is 0.663. The number of fused-ring (bicyclic) bond motifs is 1. The summed E-state index contributed by atoms with van der Waals surface area (Å²) in [5, 5.41) is 13.9. The van der Waals surface area contributed by atoms with E-state index in [1.54, 1.807) is 6.07 Å². The van der Waals surface area contributed by atoms with Crippen LogP contribution in [-0.4, -0.2) is 10.8 Å². The zero-order chi connectivity index (χ0) is 17.2. The zero-order valence-corrected chi connectivity index (χ0v) is 14.1. The molecular formula is C22H20N2O. The Hall–Kier alpha value is -3.07. The molecule has 0 saturated carbocycles. The molecule has 2 N–H and O–H groups in total. The summed E-state index contributed by atoms with van der Waals surface area (Å²) in [4.78, 5) is 4.86. The van der Waals surface area contributed by atoms with Crippen molar-refractivity contribution in [2.75, 3.05) is 5.32 Å². The number of aryl methyl sites for hydroxylation is 1. The highest BCUT2D eigenvalue weighted by Gasteiger charge is 2.22. The van der Waals surface area contributed by atoms with Crippen LogP contribution in [0.25, 0.3) is 0 Å². The van der Waals surface area contributed by atoms with E-state index in [2.05, 4.69) is 36.5 Å². The predicted molar refractivity (Wildman–Crippen MR) is 103 cm³/mol. The van der Waals surface area contributed by atoms with Crippen LogP contribution in [0.15, 0.2) is 77.8 Å². The summed E-state index contributed by atoms with van der Waals surface area (Å²) in [6.45, 7) is 2.09. The number of anilines is 1. The van der Waals surface area contributed by atoms with Crippen LogP contribution in [0, 0.1) is 6.92 Å². The van der Waals surface area contributed by atoms with Crippen molar-refractivity contribution in [2.24, 2.45) is 4.99 Å². The van der Waals surface area contributed by atoms with Gasteiger partial charge < -0.3 is 10.4 Å². The number of hydrogen-bond donors (Lipinski definition) is 2. The molecule has 1 atom stereocenters.